The number of rotatable bonds is 6. The van der Waals surface area contributed by atoms with Gasteiger partial charge in [0.25, 0.3) is 5.91 Å². The van der Waals surface area contributed by atoms with Crippen LogP contribution in [0.1, 0.15) is 24.0 Å². The van der Waals surface area contributed by atoms with Crippen LogP contribution in [0, 0.1) is 11.8 Å². The molecule has 2 aromatic carbocycles. The summed E-state index contributed by atoms with van der Waals surface area (Å²) in [5.41, 5.74) is 5.82. The van der Waals surface area contributed by atoms with Crippen molar-refractivity contribution >= 4 is 40.9 Å². The average Bonchev–Trinajstić information content (AvgIpc) is 3.40. The molecular weight excluding hydrogens is 460 g/mol. The van der Waals surface area contributed by atoms with Gasteiger partial charge in [0, 0.05) is 18.4 Å². The van der Waals surface area contributed by atoms with Gasteiger partial charge in [0.15, 0.2) is 0 Å². The number of ether oxygens (including phenoxy) is 1. The standard InChI is InChI=1S/C24H23ClN4O5/c1-34-13-7-5-12(6-8-13)11-29-21(31)18-16(9-10-17(26)30)28-24(19(18)22(29)32)14-3-2-4-15(25)20(14)27-23(24)33/h2-8,16,18-19,28H,9-11H2,1H3,(H2,26,30)(H,27,33)/p+1/t16-,18+,19+,24+/m1/s1. The molecule has 0 aliphatic carbocycles. The molecule has 0 aromatic heterocycles. The summed E-state index contributed by atoms with van der Waals surface area (Å²) >= 11 is 6.34. The lowest BCUT2D eigenvalue weighted by molar-refractivity contribution is -0.734. The van der Waals surface area contributed by atoms with Crippen LogP contribution in [0.3, 0.4) is 0 Å². The van der Waals surface area contributed by atoms with E-state index in [2.05, 4.69) is 5.32 Å². The van der Waals surface area contributed by atoms with E-state index in [0.29, 0.717) is 22.0 Å². The number of hydrogen-bond donors (Lipinski definition) is 3. The zero-order chi connectivity index (χ0) is 24.2. The third kappa shape index (κ3) is 3.19. The largest absolute Gasteiger partial charge is 0.497 e. The number of carbonyl (C=O) groups is 4. The number of imide groups is 1. The number of fused-ring (bicyclic) bond motifs is 4. The van der Waals surface area contributed by atoms with Crippen molar-refractivity contribution in [3.05, 3.63) is 58.6 Å². The van der Waals surface area contributed by atoms with Crippen molar-refractivity contribution in [2.45, 2.75) is 31.0 Å². The van der Waals surface area contributed by atoms with E-state index in [0.717, 1.165) is 5.56 Å². The van der Waals surface area contributed by atoms with Crippen LogP contribution in [0.2, 0.25) is 5.02 Å². The molecule has 9 nitrogen and oxygen atoms in total. The number of benzene rings is 2. The number of nitrogens with two attached hydrogens (primary N) is 2. The first kappa shape index (κ1) is 22.4. The SMILES string of the molecule is COc1ccc(CN2C(=O)[C@@H]3[C@@H](C2=O)[C@]2([NH2+][C@@H]3CCC(N)=O)C(=O)Nc3c(Cl)cccc32)cc1. The smallest absolute Gasteiger partial charge is 0.291 e. The lowest BCUT2D eigenvalue weighted by atomic mass is 9.76. The number of para-hydroxylation sites is 1. The summed E-state index contributed by atoms with van der Waals surface area (Å²) in [6, 6.07) is 11.8. The second kappa shape index (κ2) is 8.11. The van der Waals surface area contributed by atoms with Gasteiger partial charge in [-0.15, -0.1) is 0 Å². The van der Waals surface area contributed by atoms with Crippen LogP contribution in [0.15, 0.2) is 42.5 Å². The summed E-state index contributed by atoms with van der Waals surface area (Å²) < 4.78 is 5.18. The maximum atomic E-state index is 13.8. The van der Waals surface area contributed by atoms with Gasteiger partial charge in [0.1, 0.15) is 23.6 Å². The molecule has 1 spiro atoms. The quantitative estimate of drug-likeness (QED) is 0.514. The summed E-state index contributed by atoms with van der Waals surface area (Å²) in [6.45, 7) is 0.0807. The van der Waals surface area contributed by atoms with Crippen molar-refractivity contribution in [2.24, 2.45) is 17.6 Å². The number of hydrogen-bond acceptors (Lipinski definition) is 5. The van der Waals surface area contributed by atoms with Crippen molar-refractivity contribution in [1.29, 1.82) is 0 Å². The molecule has 34 heavy (non-hydrogen) atoms. The molecule has 10 heteroatoms. The number of nitrogens with zero attached hydrogens (tertiary/aromatic N) is 1. The van der Waals surface area contributed by atoms with E-state index < -0.39 is 35.2 Å². The van der Waals surface area contributed by atoms with E-state index in [4.69, 9.17) is 22.1 Å². The van der Waals surface area contributed by atoms with E-state index in [9.17, 15) is 19.2 Å². The Labute approximate surface area is 200 Å². The van der Waals surface area contributed by atoms with Crippen LogP contribution in [-0.4, -0.2) is 41.7 Å². The van der Waals surface area contributed by atoms with Gasteiger partial charge in [0.2, 0.25) is 23.3 Å². The Morgan fingerprint density at radius 1 is 1.18 bits per heavy atom. The highest BCUT2D eigenvalue weighted by Gasteiger charge is 2.74. The summed E-state index contributed by atoms with van der Waals surface area (Å²) in [5, 5.41) is 4.95. The lowest BCUT2D eigenvalue weighted by Crippen LogP contribution is -2.99. The zero-order valence-electron chi connectivity index (χ0n) is 18.4. The average molecular weight is 484 g/mol. The lowest BCUT2D eigenvalue weighted by Gasteiger charge is -2.26. The first-order valence-electron chi connectivity index (χ1n) is 11.0. The molecule has 3 aliphatic rings. The fourth-order valence-electron chi connectivity index (χ4n) is 5.66. The Morgan fingerprint density at radius 2 is 1.91 bits per heavy atom. The summed E-state index contributed by atoms with van der Waals surface area (Å²) in [7, 11) is 1.56. The Balaban J connectivity index is 1.56. The predicted molar refractivity (Wildman–Crippen MR) is 121 cm³/mol. The first-order chi connectivity index (χ1) is 16.3. The minimum absolute atomic E-state index is 0.0461. The number of quaternary nitrogens is 1. The molecule has 2 fully saturated rings. The first-order valence-corrected chi connectivity index (χ1v) is 11.4. The van der Waals surface area contributed by atoms with Crippen LogP contribution >= 0.6 is 11.6 Å². The number of anilines is 1. The fourth-order valence-corrected chi connectivity index (χ4v) is 5.88. The molecule has 3 aliphatic heterocycles. The Morgan fingerprint density at radius 3 is 2.59 bits per heavy atom. The molecular formula is C24H24ClN4O5+. The van der Waals surface area contributed by atoms with Gasteiger partial charge in [-0.05, 0) is 29.8 Å². The maximum absolute atomic E-state index is 13.8. The number of likely N-dealkylation sites (tertiary alicyclic amines) is 1. The number of halogens is 1. The predicted octanol–water partition coefficient (Wildman–Crippen LogP) is 0.509. The second-order valence-corrected chi connectivity index (χ2v) is 9.34. The van der Waals surface area contributed by atoms with Gasteiger partial charge in [0.05, 0.1) is 24.4 Å². The van der Waals surface area contributed by atoms with Crippen molar-refractivity contribution in [2.75, 3.05) is 12.4 Å². The molecule has 5 N–H and O–H groups in total. The molecule has 2 saturated heterocycles. The minimum atomic E-state index is -1.34. The number of amides is 4. The Hall–Kier alpha value is -3.43. The normalized spacial score (nSPS) is 27.2. The molecule has 0 saturated carbocycles. The van der Waals surface area contributed by atoms with E-state index >= 15 is 0 Å². The zero-order valence-corrected chi connectivity index (χ0v) is 19.2. The topological polar surface area (TPSA) is 135 Å². The van der Waals surface area contributed by atoms with E-state index in [1.165, 1.54) is 4.90 Å². The molecule has 4 atom stereocenters. The summed E-state index contributed by atoms with van der Waals surface area (Å²) in [4.78, 5) is 53.5. The summed E-state index contributed by atoms with van der Waals surface area (Å²) in [5.74, 6) is -2.67. The van der Waals surface area contributed by atoms with E-state index in [-0.39, 0.29) is 31.2 Å². The van der Waals surface area contributed by atoms with Gasteiger partial charge in [-0.3, -0.25) is 24.1 Å². The maximum Gasteiger partial charge on any atom is 0.291 e. The van der Waals surface area contributed by atoms with Crippen molar-refractivity contribution in [3.8, 4) is 5.75 Å². The molecule has 176 valence electrons. The molecule has 0 radical (unpaired) electrons. The van der Waals surface area contributed by atoms with Crippen LogP contribution in [0.4, 0.5) is 5.69 Å². The number of nitrogens with one attached hydrogen (secondary N) is 1. The summed E-state index contributed by atoms with van der Waals surface area (Å²) in [6.07, 6.45) is 0.321. The number of primary amides is 1. The van der Waals surface area contributed by atoms with Crippen LogP contribution < -0.4 is 21.1 Å². The van der Waals surface area contributed by atoms with Gasteiger partial charge in [-0.1, -0.05) is 29.8 Å². The van der Waals surface area contributed by atoms with Crippen LogP contribution in [-0.2, 0) is 31.3 Å². The monoisotopic (exact) mass is 483 g/mol. The van der Waals surface area contributed by atoms with Gasteiger partial charge < -0.3 is 21.1 Å². The van der Waals surface area contributed by atoms with Crippen molar-refractivity contribution < 1.29 is 29.2 Å². The number of methoxy groups -OCH3 is 1. The number of carbonyl (C=O) groups excluding carboxylic acids is 4. The van der Waals surface area contributed by atoms with E-state index in [1.807, 2.05) is 0 Å². The van der Waals surface area contributed by atoms with Crippen molar-refractivity contribution in [3.63, 3.8) is 0 Å². The third-order valence-electron chi connectivity index (χ3n) is 7.17. The van der Waals surface area contributed by atoms with Crippen LogP contribution in [0.25, 0.3) is 0 Å². The highest BCUT2D eigenvalue weighted by Crippen LogP contribution is 2.51. The Kier molecular flexibility index (Phi) is 5.33. The molecule has 0 unspecified atom stereocenters. The minimum Gasteiger partial charge on any atom is -0.497 e. The Bertz CT molecular complexity index is 1220. The molecule has 5 rings (SSSR count). The molecule has 4 amide bonds. The highest BCUT2D eigenvalue weighted by atomic mass is 35.5. The van der Waals surface area contributed by atoms with Gasteiger partial charge in [-0.2, -0.15) is 0 Å². The second-order valence-electron chi connectivity index (χ2n) is 8.94. The molecule has 0 bridgehead atoms. The van der Waals surface area contributed by atoms with E-state index in [1.54, 1.807) is 54.9 Å². The van der Waals surface area contributed by atoms with Crippen LogP contribution in [0.5, 0.6) is 5.75 Å². The highest BCUT2D eigenvalue weighted by molar-refractivity contribution is 6.35. The third-order valence-corrected chi connectivity index (χ3v) is 7.48. The van der Waals surface area contributed by atoms with Gasteiger partial charge in [-0.25, -0.2) is 0 Å². The molecule has 2 aromatic rings. The fraction of sp³-hybridized carbons (Fsp3) is 0.333. The van der Waals surface area contributed by atoms with Crippen molar-refractivity contribution in [1.82, 2.24) is 4.90 Å². The van der Waals surface area contributed by atoms with Gasteiger partial charge >= 0.3 is 0 Å². The molecule has 3 heterocycles.